The normalized spacial score (nSPS) is 10.3. The SMILES string of the molecule is CC(=O)NCc1ccc(C(=O)Nc2ncccc2OC(C)C)cc1. The molecule has 0 aliphatic rings. The first-order chi connectivity index (χ1) is 11.5. The summed E-state index contributed by atoms with van der Waals surface area (Å²) in [5.74, 6) is 0.555. The number of hydrogen-bond donors (Lipinski definition) is 2. The van der Waals surface area contributed by atoms with Crippen molar-refractivity contribution in [2.24, 2.45) is 0 Å². The van der Waals surface area contributed by atoms with E-state index in [-0.39, 0.29) is 17.9 Å². The highest BCUT2D eigenvalue weighted by Crippen LogP contribution is 2.22. The molecular formula is C18H21N3O3. The second-order valence-electron chi connectivity index (χ2n) is 5.58. The number of nitrogens with zero attached hydrogens (tertiary/aromatic N) is 1. The molecule has 126 valence electrons. The van der Waals surface area contributed by atoms with Crippen LogP contribution in [0.5, 0.6) is 5.75 Å². The number of benzene rings is 1. The second kappa shape index (κ2) is 8.10. The van der Waals surface area contributed by atoms with Gasteiger partial charge in [-0.1, -0.05) is 12.1 Å². The Kier molecular flexibility index (Phi) is 5.89. The zero-order valence-electron chi connectivity index (χ0n) is 14.0. The third kappa shape index (κ3) is 5.08. The molecule has 0 aliphatic heterocycles. The van der Waals surface area contributed by atoms with E-state index in [0.717, 1.165) is 5.56 Å². The number of anilines is 1. The molecule has 0 atom stereocenters. The van der Waals surface area contributed by atoms with Gasteiger partial charge in [0.05, 0.1) is 6.10 Å². The van der Waals surface area contributed by atoms with E-state index in [1.54, 1.807) is 42.6 Å². The molecule has 0 saturated heterocycles. The number of hydrogen-bond acceptors (Lipinski definition) is 4. The van der Waals surface area contributed by atoms with Crippen molar-refractivity contribution >= 4 is 17.6 Å². The van der Waals surface area contributed by atoms with Gasteiger partial charge in [-0.25, -0.2) is 4.98 Å². The Labute approximate surface area is 141 Å². The first kappa shape index (κ1) is 17.5. The van der Waals surface area contributed by atoms with Gasteiger partial charge in [0.15, 0.2) is 11.6 Å². The highest BCUT2D eigenvalue weighted by atomic mass is 16.5. The van der Waals surface area contributed by atoms with E-state index in [2.05, 4.69) is 15.6 Å². The molecule has 1 aromatic carbocycles. The minimum Gasteiger partial charge on any atom is -0.487 e. The molecule has 0 saturated carbocycles. The van der Waals surface area contributed by atoms with Crippen LogP contribution in [0.1, 0.15) is 36.7 Å². The number of ether oxygens (including phenoxy) is 1. The van der Waals surface area contributed by atoms with E-state index in [0.29, 0.717) is 23.7 Å². The van der Waals surface area contributed by atoms with Crippen LogP contribution in [0.25, 0.3) is 0 Å². The summed E-state index contributed by atoms with van der Waals surface area (Å²) in [6.07, 6.45) is 1.58. The van der Waals surface area contributed by atoms with Gasteiger partial charge in [-0.3, -0.25) is 9.59 Å². The number of carbonyl (C=O) groups is 2. The molecule has 0 bridgehead atoms. The molecule has 0 fully saturated rings. The van der Waals surface area contributed by atoms with Gasteiger partial charge < -0.3 is 15.4 Å². The van der Waals surface area contributed by atoms with Crippen molar-refractivity contribution in [3.63, 3.8) is 0 Å². The van der Waals surface area contributed by atoms with Gasteiger partial charge in [0.1, 0.15) is 0 Å². The minimum atomic E-state index is -0.270. The van der Waals surface area contributed by atoms with Crippen LogP contribution in [0.3, 0.4) is 0 Å². The first-order valence-electron chi connectivity index (χ1n) is 7.72. The lowest BCUT2D eigenvalue weighted by Gasteiger charge is -2.13. The molecule has 24 heavy (non-hydrogen) atoms. The number of carbonyl (C=O) groups excluding carboxylic acids is 2. The van der Waals surface area contributed by atoms with Crippen molar-refractivity contribution in [2.75, 3.05) is 5.32 Å². The summed E-state index contributed by atoms with van der Waals surface area (Å²) in [6, 6.07) is 10.5. The van der Waals surface area contributed by atoms with Gasteiger partial charge in [-0.15, -0.1) is 0 Å². The van der Waals surface area contributed by atoms with Gasteiger partial charge in [0.2, 0.25) is 5.91 Å². The van der Waals surface area contributed by atoms with Gasteiger partial charge in [0.25, 0.3) is 5.91 Å². The predicted molar refractivity (Wildman–Crippen MR) is 91.9 cm³/mol. The Morgan fingerprint density at radius 1 is 1.17 bits per heavy atom. The van der Waals surface area contributed by atoms with Crippen molar-refractivity contribution in [2.45, 2.75) is 33.4 Å². The number of amides is 2. The summed E-state index contributed by atoms with van der Waals surface area (Å²) in [5.41, 5.74) is 1.42. The fourth-order valence-corrected chi connectivity index (χ4v) is 2.01. The van der Waals surface area contributed by atoms with Crippen molar-refractivity contribution in [3.8, 4) is 5.75 Å². The van der Waals surface area contributed by atoms with Crippen molar-refractivity contribution < 1.29 is 14.3 Å². The molecule has 0 spiro atoms. The predicted octanol–water partition coefficient (Wildman–Crippen LogP) is 2.76. The quantitative estimate of drug-likeness (QED) is 0.855. The van der Waals surface area contributed by atoms with E-state index >= 15 is 0 Å². The number of rotatable bonds is 6. The van der Waals surface area contributed by atoms with Crippen LogP contribution in [0.2, 0.25) is 0 Å². The van der Waals surface area contributed by atoms with Gasteiger partial charge in [0, 0.05) is 25.2 Å². The van der Waals surface area contributed by atoms with E-state index < -0.39 is 0 Å². The Morgan fingerprint density at radius 3 is 2.50 bits per heavy atom. The highest BCUT2D eigenvalue weighted by Gasteiger charge is 2.12. The lowest BCUT2D eigenvalue weighted by molar-refractivity contribution is -0.119. The van der Waals surface area contributed by atoms with E-state index in [9.17, 15) is 9.59 Å². The first-order valence-corrected chi connectivity index (χ1v) is 7.72. The lowest BCUT2D eigenvalue weighted by Crippen LogP contribution is -2.19. The molecule has 2 rings (SSSR count). The molecule has 0 radical (unpaired) electrons. The van der Waals surface area contributed by atoms with Crippen LogP contribution in [-0.4, -0.2) is 22.9 Å². The Hall–Kier alpha value is -2.89. The Balaban J connectivity index is 2.06. The molecular weight excluding hydrogens is 306 g/mol. The van der Waals surface area contributed by atoms with Crippen molar-refractivity contribution in [1.82, 2.24) is 10.3 Å². The van der Waals surface area contributed by atoms with Crippen LogP contribution >= 0.6 is 0 Å². The molecule has 2 amide bonds. The summed E-state index contributed by atoms with van der Waals surface area (Å²) < 4.78 is 5.64. The van der Waals surface area contributed by atoms with Crippen molar-refractivity contribution in [3.05, 3.63) is 53.7 Å². The zero-order chi connectivity index (χ0) is 17.5. The van der Waals surface area contributed by atoms with Gasteiger partial charge in [-0.05, 0) is 43.7 Å². The largest absolute Gasteiger partial charge is 0.487 e. The fraction of sp³-hybridized carbons (Fsp3) is 0.278. The van der Waals surface area contributed by atoms with Gasteiger partial charge >= 0.3 is 0 Å². The average molecular weight is 327 g/mol. The second-order valence-corrected chi connectivity index (χ2v) is 5.58. The molecule has 6 nitrogen and oxygen atoms in total. The lowest BCUT2D eigenvalue weighted by atomic mass is 10.1. The number of aromatic nitrogens is 1. The summed E-state index contributed by atoms with van der Waals surface area (Å²) in [5, 5.41) is 5.47. The molecule has 2 aromatic rings. The average Bonchev–Trinajstić information content (AvgIpc) is 2.54. The topological polar surface area (TPSA) is 80.3 Å². The minimum absolute atomic E-state index is 0.0158. The fourth-order valence-electron chi connectivity index (χ4n) is 2.01. The standard InChI is InChI=1S/C18H21N3O3/c1-12(2)24-16-5-4-10-19-17(16)21-18(23)15-8-6-14(7-9-15)11-20-13(3)22/h4-10,12H,11H2,1-3H3,(H,20,22)(H,19,21,23). The Bertz CT molecular complexity index is 712. The molecule has 1 aromatic heterocycles. The Morgan fingerprint density at radius 2 is 1.88 bits per heavy atom. The maximum atomic E-state index is 12.4. The van der Waals surface area contributed by atoms with Gasteiger partial charge in [-0.2, -0.15) is 0 Å². The summed E-state index contributed by atoms with van der Waals surface area (Å²) >= 11 is 0. The maximum Gasteiger partial charge on any atom is 0.256 e. The molecule has 6 heteroatoms. The third-order valence-corrected chi connectivity index (χ3v) is 3.12. The van der Waals surface area contributed by atoms with Crippen LogP contribution in [-0.2, 0) is 11.3 Å². The maximum absolute atomic E-state index is 12.4. The van der Waals surface area contributed by atoms with Crippen LogP contribution < -0.4 is 15.4 Å². The monoisotopic (exact) mass is 327 g/mol. The summed E-state index contributed by atoms with van der Waals surface area (Å²) in [4.78, 5) is 27.4. The van der Waals surface area contributed by atoms with Crippen LogP contribution in [0.15, 0.2) is 42.6 Å². The van der Waals surface area contributed by atoms with E-state index in [1.807, 2.05) is 13.8 Å². The van der Waals surface area contributed by atoms with Crippen LogP contribution in [0, 0.1) is 0 Å². The van der Waals surface area contributed by atoms with E-state index in [1.165, 1.54) is 6.92 Å². The van der Waals surface area contributed by atoms with Crippen molar-refractivity contribution in [1.29, 1.82) is 0 Å². The number of nitrogens with one attached hydrogen (secondary N) is 2. The molecule has 0 aliphatic carbocycles. The number of pyridine rings is 1. The zero-order valence-corrected chi connectivity index (χ0v) is 14.0. The molecule has 1 heterocycles. The summed E-state index contributed by atoms with van der Waals surface area (Å²) in [6.45, 7) is 5.72. The molecule has 0 unspecified atom stereocenters. The third-order valence-electron chi connectivity index (χ3n) is 3.12. The summed E-state index contributed by atoms with van der Waals surface area (Å²) in [7, 11) is 0. The molecule has 2 N–H and O–H groups in total. The smallest absolute Gasteiger partial charge is 0.256 e. The van der Waals surface area contributed by atoms with E-state index in [4.69, 9.17) is 4.74 Å². The van der Waals surface area contributed by atoms with Crippen LogP contribution in [0.4, 0.5) is 5.82 Å². The highest BCUT2D eigenvalue weighted by molar-refractivity contribution is 6.04.